The second kappa shape index (κ2) is 4.03. The van der Waals surface area contributed by atoms with Crippen LogP contribution in [-0.2, 0) is 0 Å². The highest BCUT2D eigenvalue weighted by Crippen LogP contribution is 2.34. The van der Waals surface area contributed by atoms with Gasteiger partial charge in [0.05, 0.1) is 24.6 Å². The fourth-order valence-electron chi connectivity index (χ4n) is 0.868. The zero-order valence-electron chi connectivity index (χ0n) is 6.72. The molecule has 0 fully saturated rings. The van der Waals surface area contributed by atoms with Gasteiger partial charge in [-0.1, -0.05) is 0 Å². The van der Waals surface area contributed by atoms with Gasteiger partial charge in [0.1, 0.15) is 3.70 Å². The van der Waals surface area contributed by atoms with Gasteiger partial charge in [0.25, 0.3) is 6.43 Å². The molecule has 0 unspecified atom stereocenters. The zero-order chi connectivity index (χ0) is 10.0. The summed E-state index contributed by atoms with van der Waals surface area (Å²) in [4.78, 5) is 3.73. The van der Waals surface area contributed by atoms with Crippen molar-refractivity contribution in [3.63, 3.8) is 0 Å². The summed E-state index contributed by atoms with van der Waals surface area (Å²) in [5.74, 6) is 0.177. The topological polar surface area (TPSA) is 48.1 Å². The Morgan fingerprint density at radius 3 is 2.69 bits per heavy atom. The Bertz CT molecular complexity index is 320. The highest BCUT2D eigenvalue weighted by molar-refractivity contribution is 14.1. The molecule has 6 heteroatoms. The number of aromatic nitrogens is 1. The molecule has 3 nitrogen and oxygen atoms in total. The van der Waals surface area contributed by atoms with Crippen molar-refractivity contribution < 1.29 is 13.5 Å². The van der Waals surface area contributed by atoms with Crippen LogP contribution in [0.25, 0.3) is 0 Å². The predicted molar refractivity (Wildman–Crippen MR) is 52.9 cm³/mol. The molecule has 13 heavy (non-hydrogen) atoms. The number of pyridine rings is 1. The predicted octanol–water partition coefficient (Wildman–Crippen LogP) is 2.21. The van der Waals surface area contributed by atoms with E-state index in [9.17, 15) is 8.78 Å². The second-order valence-electron chi connectivity index (χ2n) is 2.25. The van der Waals surface area contributed by atoms with Gasteiger partial charge in [0, 0.05) is 0 Å². The molecular weight excluding hydrogens is 293 g/mol. The maximum absolute atomic E-state index is 12.4. The number of methoxy groups -OCH3 is 1. The van der Waals surface area contributed by atoms with Crippen LogP contribution in [-0.4, -0.2) is 12.1 Å². The minimum Gasteiger partial charge on any atom is -0.493 e. The highest BCUT2D eigenvalue weighted by Gasteiger charge is 2.19. The molecule has 0 spiro atoms. The average molecular weight is 300 g/mol. The van der Waals surface area contributed by atoms with E-state index in [0.717, 1.165) is 0 Å². The Balaban J connectivity index is 3.30. The van der Waals surface area contributed by atoms with Gasteiger partial charge in [0.15, 0.2) is 5.75 Å². The second-order valence-corrected chi connectivity index (χ2v) is 3.27. The summed E-state index contributed by atoms with van der Waals surface area (Å²) in [6.45, 7) is 0. The summed E-state index contributed by atoms with van der Waals surface area (Å²) in [6.07, 6.45) is -1.31. The molecule has 2 N–H and O–H groups in total. The van der Waals surface area contributed by atoms with Crippen molar-refractivity contribution in [2.75, 3.05) is 12.8 Å². The summed E-state index contributed by atoms with van der Waals surface area (Å²) in [5.41, 5.74) is 5.14. The van der Waals surface area contributed by atoms with Gasteiger partial charge in [-0.2, -0.15) is 0 Å². The normalized spacial score (nSPS) is 10.5. The molecule has 0 bridgehead atoms. The third kappa shape index (κ3) is 1.98. The summed E-state index contributed by atoms with van der Waals surface area (Å²) in [6, 6.07) is 0. The quantitative estimate of drug-likeness (QED) is 0.673. The van der Waals surface area contributed by atoms with Crippen LogP contribution in [0.5, 0.6) is 5.75 Å². The van der Waals surface area contributed by atoms with Crippen LogP contribution in [0.4, 0.5) is 14.5 Å². The Labute approximate surface area is 87.4 Å². The molecule has 0 aromatic carbocycles. The third-order valence-corrected chi connectivity index (χ3v) is 2.37. The van der Waals surface area contributed by atoms with Gasteiger partial charge in [-0.25, -0.2) is 13.8 Å². The first kappa shape index (κ1) is 10.4. The number of nitrogen functional groups attached to an aromatic ring is 1. The van der Waals surface area contributed by atoms with Crippen LogP contribution < -0.4 is 10.5 Å². The molecule has 1 rings (SSSR count). The minimum atomic E-state index is -2.63. The van der Waals surface area contributed by atoms with Crippen molar-refractivity contribution in [3.05, 3.63) is 15.5 Å². The van der Waals surface area contributed by atoms with Crippen LogP contribution in [0.1, 0.15) is 12.0 Å². The zero-order valence-corrected chi connectivity index (χ0v) is 8.88. The molecule has 1 aromatic rings. The highest BCUT2D eigenvalue weighted by atomic mass is 127. The van der Waals surface area contributed by atoms with Crippen LogP contribution in [0.3, 0.4) is 0 Å². The van der Waals surface area contributed by atoms with E-state index < -0.39 is 6.43 Å². The number of alkyl halides is 2. The van der Waals surface area contributed by atoms with Crippen molar-refractivity contribution in [2.24, 2.45) is 0 Å². The molecule has 1 heterocycles. The largest absolute Gasteiger partial charge is 0.493 e. The van der Waals surface area contributed by atoms with E-state index in [0.29, 0.717) is 0 Å². The summed E-state index contributed by atoms with van der Waals surface area (Å²) >= 11 is 1.71. The van der Waals surface area contributed by atoms with Gasteiger partial charge in [0.2, 0.25) is 0 Å². The molecule has 1 aromatic heterocycles. The average Bonchev–Trinajstić information content (AvgIpc) is 2.04. The summed E-state index contributed by atoms with van der Waals surface area (Å²) < 4.78 is 29.8. The first-order valence-corrected chi connectivity index (χ1v) is 4.41. The summed E-state index contributed by atoms with van der Waals surface area (Å²) in [5, 5.41) is 0. The molecule has 0 atom stereocenters. The van der Waals surface area contributed by atoms with Crippen molar-refractivity contribution in [1.29, 1.82) is 0 Å². The number of anilines is 1. The lowest BCUT2D eigenvalue weighted by molar-refractivity contribution is 0.150. The van der Waals surface area contributed by atoms with Gasteiger partial charge in [-0.3, -0.25) is 0 Å². The standard InChI is InChI=1S/C7H7F2IN2O/c1-13-3-2-12-7(10)4(5(3)11)6(8)9/h2,6H,1H3,(H2,11,12). The molecule has 0 saturated carbocycles. The molecule has 0 aliphatic heterocycles. The molecule has 0 aliphatic rings. The number of ether oxygens (including phenoxy) is 1. The summed E-state index contributed by atoms with van der Waals surface area (Å²) in [7, 11) is 1.36. The van der Waals surface area contributed by atoms with E-state index in [1.165, 1.54) is 13.3 Å². The first-order chi connectivity index (χ1) is 6.07. The van der Waals surface area contributed by atoms with Crippen molar-refractivity contribution in [1.82, 2.24) is 4.98 Å². The van der Waals surface area contributed by atoms with Crippen molar-refractivity contribution in [3.8, 4) is 5.75 Å². The van der Waals surface area contributed by atoms with Crippen LogP contribution >= 0.6 is 22.6 Å². The van der Waals surface area contributed by atoms with Crippen molar-refractivity contribution >= 4 is 28.3 Å². The monoisotopic (exact) mass is 300 g/mol. The number of nitrogens with zero attached hydrogens (tertiary/aromatic N) is 1. The smallest absolute Gasteiger partial charge is 0.268 e. The fourth-order valence-corrected chi connectivity index (χ4v) is 1.53. The first-order valence-electron chi connectivity index (χ1n) is 3.34. The van der Waals surface area contributed by atoms with Gasteiger partial charge < -0.3 is 10.5 Å². The van der Waals surface area contributed by atoms with E-state index in [1.54, 1.807) is 22.6 Å². The Hall–Kier alpha value is -0.660. The lowest BCUT2D eigenvalue weighted by atomic mass is 10.2. The molecule has 0 radical (unpaired) electrons. The third-order valence-electron chi connectivity index (χ3n) is 1.51. The number of halogens is 3. The molecule has 0 amide bonds. The Kier molecular flexibility index (Phi) is 3.23. The maximum Gasteiger partial charge on any atom is 0.268 e. The van der Waals surface area contributed by atoms with E-state index in [1.807, 2.05) is 0 Å². The Morgan fingerprint density at radius 2 is 2.23 bits per heavy atom. The van der Waals surface area contributed by atoms with E-state index >= 15 is 0 Å². The minimum absolute atomic E-state index is 0.0445. The van der Waals surface area contributed by atoms with Crippen LogP contribution in [0.15, 0.2) is 6.20 Å². The molecule has 0 aliphatic carbocycles. The Morgan fingerprint density at radius 1 is 1.62 bits per heavy atom. The van der Waals surface area contributed by atoms with E-state index in [4.69, 9.17) is 10.5 Å². The molecule has 72 valence electrons. The SMILES string of the molecule is COc1cnc(I)c(C(F)F)c1N. The van der Waals surface area contributed by atoms with Crippen molar-refractivity contribution in [2.45, 2.75) is 6.43 Å². The van der Waals surface area contributed by atoms with E-state index in [2.05, 4.69) is 4.98 Å². The number of hydrogen-bond donors (Lipinski definition) is 1. The lowest BCUT2D eigenvalue weighted by Gasteiger charge is -2.09. The number of rotatable bonds is 2. The van der Waals surface area contributed by atoms with Crippen LogP contribution in [0.2, 0.25) is 0 Å². The number of hydrogen-bond acceptors (Lipinski definition) is 3. The molecular formula is C7H7F2IN2O. The maximum atomic E-state index is 12.4. The lowest BCUT2D eigenvalue weighted by Crippen LogP contribution is -2.03. The van der Waals surface area contributed by atoms with Gasteiger partial charge in [-0.05, 0) is 22.6 Å². The van der Waals surface area contributed by atoms with E-state index in [-0.39, 0.29) is 20.7 Å². The molecule has 0 saturated heterocycles. The van der Waals surface area contributed by atoms with Gasteiger partial charge in [-0.15, -0.1) is 0 Å². The van der Waals surface area contributed by atoms with Gasteiger partial charge >= 0.3 is 0 Å². The number of nitrogens with two attached hydrogens (primary N) is 1. The van der Waals surface area contributed by atoms with Crippen LogP contribution in [0, 0.1) is 3.70 Å². The fraction of sp³-hybridized carbons (Fsp3) is 0.286.